The summed E-state index contributed by atoms with van der Waals surface area (Å²) in [6, 6.07) is 0. The number of hydrogen-bond acceptors (Lipinski definition) is 7. The zero-order valence-electron chi connectivity index (χ0n) is 30.6. The number of rotatable bonds is 32. The van der Waals surface area contributed by atoms with Crippen LogP contribution in [0.2, 0.25) is 0 Å². The van der Waals surface area contributed by atoms with Crippen LogP contribution in [0.25, 0.3) is 0 Å². The first-order valence-electron chi connectivity index (χ1n) is 18.3. The van der Waals surface area contributed by atoms with E-state index in [9.17, 15) is 19.0 Å². The Labute approximate surface area is 297 Å². The molecular weight excluding hydrogens is 639 g/mol. The van der Waals surface area contributed by atoms with Gasteiger partial charge in [0.25, 0.3) is 0 Å². The quantitative estimate of drug-likeness (QED) is 0.0319. The Bertz CT molecular complexity index is 1070. The maximum Gasteiger partial charge on any atom is 0.472 e. The summed E-state index contributed by atoms with van der Waals surface area (Å²) in [4.78, 5) is 34.3. The van der Waals surface area contributed by atoms with Gasteiger partial charge in [-0.05, 0) is 83.5 Å². The third-order valence-electron chi connectivity index (χ3n) is 7.13. The van der Waals surface area contributed by atoms with E-state index in [4.69, 9.17) is 14.0 Å². The fourth-order valence-corrected chi connectivity index (χ4v) is 4.83. The molecule has 0 rings (SSSR count). The Kier molecular flexibility index (Phi) is 33.1. The standard InChI is InChI=1S/C40H65O8P/c1-4-6-8-10-12-14-16-18-19-20-21-23-25-27-29-31-33-35-40(42)48-38(37-47-49(43,44)45-3)36-46-39(41)34-32-30-28-26-24-22-17-15-13-11-9-7-5-2/h6-9,12-15,18-19,21-24,38H,4-5,10-11,16-17,20,25-37H2,1-3H3,(H,43,44)/b8-6-,9-7-,14-12-,15-13-,19-18-,23-21-,24-22-. The van der Waals surface area contributed by atoms with Crippen molar-refractivity contribution < 1.29 is 37.6 Å². The van der Waals surface area contributed by atoms with E-state index in [0.29, 0.717) is 12.8 Å². The van der Waals surface area contributed by atoms with E-state index in [1.807, 2.05) is 0 Å². The van der Waals surface area contributed by atoms with Crippen LogP contribution >= 0.6 is 7.82 Å². The third kappa shape index (κ3) is 34.9. The van der Waals surface area contributed by atoms with E-state index in [0.717, 1.165) is 97.0 Å². The van der Waals surface area contributed by atoms with Gasteiger partial charge in [0, 0.05) is 20.0 Å². The van der Waals surface area contributed by atoms with Gasteiger partial charge in [-0.25, -0.2) is 4.57 Å². The predicted molar refractivity (Wildman–Crippen MR) is 202 cm³/mol. The second-order valence-electron chi connectivity index (χ2n) is 11.6. The largest absolute Gasteiger partial charge is 0.472 e. The summed E-state index contributed by atoms with van der Waals surface area (Å²) >= 11 is 0. The van der Waals surface area contributed by atoms with Gasteiger partial charge >= 0.3 is 19.8 Å². The summed E-state index contributed by atoms with van der Waals surface area (Å²) in [5.41, 5.74) is 0. The zero-order chi connectivity index (χ0) is 36.1. The maximum absolute atomic E-state index is 12.4. The van der Waals surface area contributed by atoms with Crippen LogP contribution in [0.4, 0.5) is 0 Å². The van der Waals surface area contributed by atoms with Crippen LogP contribution in [0.1, 0.15) is 129 Å². The molecule has 0 fully saturated rings. The minimum Gasteiger partial charge on any atom is -0.462 e. The van der Waals surface area contributed by atoms with Crippen LogP contribution in [-0.4, -0.2) is 43.3 Å². The molecule has 9 heteroatoms. The first kappa shape index (κ1) is 46.2. The van der Waals surface area contributed by atoms with Crippen LogP contribution in [0.15, 0.2) is 85.1 Å². The number of esters is 2. The molecule has 8 nitrogen and oxygen atoms in total. The van der Waals surface area contributed by atoms with Gasteiger partial charge in [0.2, 0.25) is 0 Å². The van der Waals surface area contributed by atoms with Gasteiger partial charge in [0.15, 0.2) is 6.10 Å². The number of unbranched alkanes of at least 4 members (excludes halogenated alkanes) is 7. The third-order valence-corrected chi connectivity index (χ3v) is 8.07. The summed E-state index contributed by atoms with van der Waals surface area (Å²) in [5, 5.41) is 0. The Hall–Kier alpha value is -2.77. The Morgan fingerprint density at radius 1 is 0.571 bits per heavy atom. The van der Waals surface area contributed by atoms with Crippen molar-refractivity contribution in [1.29, 1.82) is 0 Å². The molecule has 0 aliphatic rings. The molecular formula is C40H65O8P. The number of hydrogen-bond donors (Lipinski definition) is 1. The summed E-state index contributed by atoms with van der Waals surface area (Å²) in [5.74, 6) is -0.878. The molecule has 0 aromatic rings. The van der Waals surface area contributed by atoms with Crippen LogP contribution in [0.3, 0.4) is 0 Å². The molecule has 278 valence electrons. The molecule has 0 aromatic heterocycles. The summed E-state index contributed by atoms with van der Waals surface area (Å²) in [7, 11) is -3.23. The van der Waals surface area contributed by atoms with Crippen molar-refractivity contribution in [3.63, 3.8) is 0 Å². The second kappa shape index (κ2) is 35.1. The van der Waals surface area contributed by atoms with E-state index < -0.39 is 32.5 Å². The molecule has 0 aromatic carbocycles. The number of ether oxygens (including phenoxy) is 2. The van der Waals surface area contributed by atoms with Gasteiger partial charge in [0.05, 0.1) is 6.61 Å². The molecule has 49 heavy (non-hydrogen) atoms. The Balaban J connectivity index is 4.20. The molecule has 0 spiro atoms. The first-order chi connectivity index (χ1) is 23.8. The fraction of sp³-hybridized carbons (Fsp3) is 0.600. The summed E-state index contributed by atoms with van der Waals surface area (Å²) in [6.07, 6.45) is 44.9. The average Bonchev–Trinajstić information content (AvgIpc) is 3.09. The van der Waals surface area contributed by atoms with Gasteiger partial charge in [-0.15, -0.1) is 0 Å². The van der Waals surface area contributed by atoms with E-state index in [-0.39, 0.29) is 19.4 Å². The highest BCUT2D eigenvalue weighted by atomic mass is 31.2. The van der Waals surface area contributed by atoms with Crippen LogP contribution in [-0.2, 0) is 32.7 Å². The smallest absolute Gasteiger partial charge is 0.462 e. The monoisotopic (exact) mass is 704 g/mol. The van der Waals surface area contributed by atoms with E-state index >= 15 is 0 Å². The molecule has 0 saturated carbocycles. The van der Waals surface area contributed by atoms with E-state index in [1.54, 1.807) is 0 Å². The van der Waals surface area contributed by atoms with Crippen molar-refractivity contribution in [3.8, 4) is 0 Å². The van der Waals surface area contributed by atoms with Crippen molar-refractivity contribution in [2.24, 2.45) is 0 Å². The lowest BCUT2D eigenvalue weighted by atomic mass is 10.1. The molecule has 2 atom stereocenters. The van der Waals surface area contributed by atoms with Gasteiger partial charge in [-0.3, -0.25) is 18.6 Å². The number of allylic oxidation sites excluding steroid dienone is 14. The molecule has 2 unspecified atom stereocenters. The van der Waals surface area contributed by atoms with Gasteiger partial charge in [-0.1, -0.05) is 118 Å². The first-order valence-corrected chi connectivity index (χ1v) is 19.8. The van der Waals surface area contributed by atoms with Gasteiger partial charge in [0.1, 0.15) is 6.61 Å². The number of phosphoric ester groups is 1. The van der Waals surface area contributed by atoms with Crippen molar-refractivity contribution in [2.75, 3.05) is 20.3 Å². The zero-order valence-corrected chi connectivity index (χ0v) is 31.4. The molecule has 0 aliphatic carbocycles. The predicted octanol–water partition coefficient (Wildman–Crippen LogP) is 11.2. The highest BCUT2D eigenvalue weighted by Crippen LogP contribution is 2.42. The molecule has 0 bridgehead atoms. The van der Waals surface area contributed by atoms with Crippen LogP contribution < -0.4 is 0 Å². The topological polar surface area (TPSA) is 108 Å². The fourth-order valence-electron chi connectivity index (χ4n) is 4.37. The normalized spacial score (nSPS) is 14.4. The molecule has 0 radical (unpaired) electrons. The number of carbonyl (C=O) groups is 2. The van der Waals surface area contributed by atoms with Gasteiger partial charge in [-0.2, -0.15) is 0 Å². The molecule has 1 N–H and O–H groups in total. The van der Waals surface area contributed by atoms with E-state index in [1.165, 1.54) is 0 Å². The highest BCUT2D eigenvalue weighted by Gasteiger charge is 2.24. The lowest BCUT2D eigenvalue weighted by Crippen LogP contribution is -2.29. The lowest BCUT2D eigenvalue weighted by molar-refractivity contribution is -0.161. The summed E-state index contributed by atoms with van der Waals surface area (Å²) in [6.45, 7) is 3.58. The second-order valence-corrected chi connectivity index (χ2v) is 13.1. The molecule has 0 amide bonds. The minimum absolute atomic E-state index is 0.205. The van der Waals surface area contributed by atoms with Crippen LogP contribution in [0.5, 0.6) is 0 Å². The van der Waals surface area contributed by atoms with Crippen LogP contribution in [0, 0.1) is 0 Å². The van der Waals surface area contributed by atoms with Crippen molar-refractivity contribution >= 4 is 19.8 Å². The average molecular weight is 705 g/mol. The molecule has 0 saturated heterocycles. The Morgan fingerprint density at radius 3 is 1.45 bits per heavy atom. The molecule has 0 heterocycles. The number of phosphoric acid groups is 1. The van der Waals surface area contributed by atoms with Crippen molar-refractivity contribution in [1.82, 2.24) is 0 Å². The highest BCUT2D eigenvalue weighted by molar-refractivity contribution is 7.47. The SMILES string of the molecule is CC/C=C\C/C=C\C/C=C\C/C=C\CCCCCCC(=O)OC(COC(=O)CCCCC/C=C\C/C=C\C/C=C\CC)COP(=O)(O)OC. The van der Waals surface area contributed by atoms with E-state index in [2.05, 4.69) is 103 Å². The minimum atomic E-state index is -4.28. The molecule has 0 aliphatic heterocycles. The van der Waals surface area contributed by atoms with Crippen molar-refractivity contribution in [2.45, 2.75) is 136 Å². The summed E-state index contributed by atoms with van der Waals surface area (Å²) < 4.78 is 31.8. The Morgan fingerprint density at radius 2 is 0.980 bits per heavy atom. The number of carbonyl (C=O) groups excluding carboxylic acids is 2. The van der Waals surface area contributed by atoms with Crippen molar-refractivity contribution in [3.05, 3.63) is 85.1 Å². The lowest BCUT2D eigenvalue weighted by Gasteiger charge is -2.19. The maximum atomic E-state index is 12.4. The van der Waals surface area contributed by atoms with Gasteiger partial charge < -0.3 is 14.4 Å².